The van der Waals surface area contributed by atoms with Crippen molar-refractivity contribution in [2.75, 3.05) is 14.2 Å². The molecule has 35 heavy (non-hydrogen) atoms. The molecule has 0 saturated heterocycles. The summed E-state index contributed by atoms with van der Waals surface area (Å²) in [5.74, 6) is 1.66. The summed E-state index contributed by atoms with van der Waals surface area (Å²) in [5.41, 5.74) is 6.01. The molecule has 5 heteroatoms. The van der Waals surface area contributed by atoms with Crippen molar-refractivity contribution in [3.63, 3.8) is 0 Å². The van der Waals surface area contributed by atoms with Crippen LogP contribution in [0, 0.1) is 11.7 Å². The SMILES string of the molecule is COC(=O)C[C@H]1CCc2cc(OCc3ccc(-c4cc(OC)ccc4F)c(CC(C)C)c3)ccc21. The Morgan fingerprint density at radius 3 is 2.54 bits per heavy atom. The zero-order valence-corrected chi connectivity index (χ0v) is 20.9. The van der Waals surface area contributed by atoms with E-state index in [-0.39, 0.29) is 17.7 Å². The molecule has 0 bridgehead atoms. The van der Waals surface area contributed by atoms with E-state index in [9.17, 15) is 9.18 Å². The lowest BCUT2D eigenvalue weighted by Crippen LogP contribution is -2.06. The fourth-order valence-electron chi connectivity index (χ4n) is 4.88. The van der Waals surface area contributed by atoms with Gasteiger partial charge in [-0.2, -0.15) is 0 Å². The molecule has 0 radical (unpaired) electrons. The molecule has 3 aromatic rings. The van der Waals surface area contributed by atoms with E-state index < -0.39 is 0 Å². The molecular formula is C30H33FO4. The number of ether oxygens (including phenoxy) is 3. The highest BCUT2D eigenvalue weighted by molar-refractivity contribution is 5.71. The molecule has 0 fully saturated rings. The fraction of sp³-hybridized carbons (Fsp3) is 0.367. The molecule has 0 unspecified atom stereocenters. The van der Waals surface area contributed by atoms with E-state index >= 15 is 0 Å². The predicted octanol–water partition coefficient (Wildman–Crippen LogP) is 6.87. The number of carbonyl (C=O) groups excluding carboxylic acids is 1. The van der Waals surface area contributed by atoms with Gasteiger partial charge in [-0.1, -0.05) is 38.1 Å². The van der Waals surface area contributed by atoms with Gasteiger partial charge >= 0.3 is 5.97 Å². The first kappa shape index (κ1) is 24.8. The second-order valence-electron chi connectivity index (χ2n) is 9.60. The van der Waals surface area contributed by atoms with Crippen molar-refractivity contribution in [2.24, 2.45) is 5.92 Å². The van der Waals surface area contributed by atoms with Crippen molar-refractivity contribution in [1.82, 2.24) is 0 Å². The maximum Gasteiger partial charge on any atom is 0.306 e. The normalized spacial score (nSPS) is 14.6. The lowest BCUT2D eigenvalue weighted by Gasteiger charge is -2.16. The molecule has 0 aliphatic heterocycles. The number of hydrogen-bond acceptors (Lipinski definition) is 4. The van der Waals surface area contributed by atoms with Crippen molar-refractivity contribution >= 4 is 5.97 Å². The van der Waals surface area contributed by atoms with E-state index in [0.29, 0.717) is 30.3 Å². The first-order valence-electron chi connectivity index (χ1n) is 12.2. The molecule has 4 nitrogen and oxygen atoms in total. The summed E-state index contributed by atoms with van der Waals surface area (Å²) in [4.78, 5) is 11.7. The third-order valence-electron chi connectivity index (χ3n) is 6.62. The number of rotatable bonds is 9. The van der Waals surface area contributed by atoms with Crippen LogP contribution in [0.25, 0.3) is 11.1 Å². The third kappa shape index (κ3) is 5.84. The lowest BCUT2D eigenvalue weighted by molar-refractivity contribution is -0.141. The van der Waals surface area contributed by atoms with Gasteiger partial charge in [-0.3, -0.25) is 4.79 Å². The van der Waals surface area contributed by atoms with Gasteiger partial charge < -0.3 is 14.2 Å². The summed E-state index contributed by atoms with van der Waals surface area (Å²) in [5, 5.41) is 0. The Labute approximate surface area is 207 Å². The molecule has 3 aromatic carbocycles. The van der Waals surface area contributed by atoms with E-state index in [2.05, 4.69) is 32.0 Å². The monoisotopic (exact) mass is 476 g/mol. The summed E-state index contributed by atoms with van der Waals surface area (Å²) in [6.45, 7) is 4.75. The van der Waals surface area contributed by atoms with Crippen LogP contribution < -0.4 is 9.47 Å². The van der Waals surface area contributed by atoms with E-state index in [4.69, 9.17) is 14.2 Å². The molecule has 0 saturated carbocycles. The van der Waals surface area contributed by atoms with Crippen LogP contribution in [0.2, 0.25) is 0 Å². The molecule has 1 aliphatic rings. The van der Waals surface area contributed by atoms with Gasteiger partial charge in [0.15, 0.2) is 0 Å². The van der Waals surface area contributed by atoms with Crippen LogP contribution in [0.15, 0.2) is 54.6 Å². The van der Waals surface area contributed by atoms with Crippen LogP contribution in [0.4, 0.5) is 4.39 Å². The zero-order valence-electron chi connectivity index (χ0n) is 20.9. The van der Waals surface area contributed by atoms with E-state index in [1.807, 2.05) is 18.2 Å². The average Bonchev–Trinajstić information content (AvgIpc) is 3.24. The Morgan fingerprint density at radius 2 is 1.80 bits per heavy atom. The number of carbonyl (C=O) groups is 1. The van der Waals surface area contributed by atoms with Crippen LogP contribution >= 0.6 is 0 Å². The maximum atomic E-state index is 14.7. The molecule has 4 rings (SSSR count). The summed E-state index contributed by atoms with van der Waals surface area (Å²) in [6, 6.07) is 17.1. The molecular weight excluding hydrogens is 443 g/mol. The summed E-state index contributed by atoms with van der Waals surface area (Å²) >= 11 is 0. The first-order chi connectivity index (χ1) is 16.9. The minimum Gasteiger partial charge on any atom is -0.497 e. The number of esters is 1. The van der Waals surface area contributed by atoms with Crippen LogP contribution in [0.3, 0.4) is 0 Å². The van der Waals surface area contributed by atoms with Gasteiger partial charge in [0.2, 0.25) is 0 Å². The van der Waals surface area contributed by atoms with Crippen molar-refractivity contribution in [3.8, 4) is 22.6 Å². The highest BCUT2D eigenvalue weighted by Crippen LogP contribution is 2.38. The average molecular weight is 477 g/mol. The topological polar surface area (TPSA) is 44.8 Å². The fourth-order valence-corrected chi connectivity index (χ4v) is 4.88. The highest BCUT2D eigenvalue weighted by Gasteiger charge is 2.25. The minimum absolute atomic E-state index is 0.169. The molecule has 184 valence electrons. The smallest absolute Gasteiger partial charge is 0.306 e. The van der Waals surface area contributed by atoms with Gasteiger partial charge in [-0.15, -0.1) is 0 Å². The van der Waals surface area contributed by atoms with Gasteiger partial charge in [-0.25, -0.2) is 4.39 Å². The number of benzene rings is 3. The van der Waals surface area contributed by atoms with Gasteiger partial charge in [0, 0.05) is 5.56 Å². The third-order valence-corrected chi connectivity index (χ3v) is 6.62. The maximum absolute atomic E-state index is 14.7. The summed E-state index contributed by atoms with van der Waals surface area (Å²) in [7, 11) is 3.02. The quantitative estimate of drug-likeness (QED) is 0.316. The molecule has 0 aromatic heterocycles. The highest BCUT2D eigenvalue weighted by atomic mass is 19.1. The Hall–Kier alpha value is -3.34. The molecule has 1 atom stereocenters. The van der Waals surface area contributed by atoms with Crippen LogP contribution in [-0.4, -0.2) is 20.2 Å². The molecule has 0 heterocycles. The summed E-state index contributed by atoms with van der Waals surface area (Å²) in [6.07, 6.45) is 3.14. The Balaban J connectivity index is 1.52. The zero-order chi connectivity index (χ0) is 24.9. The van der Waals surface area contributed by atoms with Crippen LogP contribution in [-0.2, 0) is 29.0 Å². The molecule has 0 N–H and O–H groups in total. The van der Waals surface area contributed by atoms with Crippen molar-refractivity contribution < 1.29 is 23.4 Å². The van der Waals surface area contributed by atoms with Crippen LogP contribution in [0.5, 0.6) is 11.5 Å². The number of halogens is 1. The number of methoxy groups -OCH3 is 2. The van der Waals surface area contributed by atoms with Crippen molar-refractivity contribution in [1.29, 1.82) is 0 Å². The van der Waals surface area contributed by atoms with Gasteiger partial charge in [0.05, 0.1) is 20.6 Å². The first-order valence-corrected chi connectivity index (χ1v) is 12.2. The van der Waals surface area contributed by atoms with Gasteiger partial charge in [0.1, 0.15) is 23.9 Å². The standard InChI is InChI=1S/C30H33FO4/c1-19(2)13-23-14-20(5-10-27(23)28-17-24(33-3)9-12-29(28)31)18-35-25-8-11-26-21(15-25)6-7-22(26)16-30(32)34-4/h5,8-12,14-15,17,19,22H,6-7,13,16,18H2,1-4H3/t22-/m1/s1. The number of fused-ring (bicyclic) bond motifs is 1. The molecule has 0 spiro atoms. The molecule has 0 amide bonds. The van der Waals surface area contributed by atoms with Gasteiger partial charge in [-0.05, 0) is 89.2 Å². The second-order valence-corrected chi connectivity index (χ2v) is 9.60. The van der Waals surface area contributed by atoms with E-state index in [1.54, 1.807) is 19.2 Å². The number of hydrogen-bond donors (Lipinski definition) is 0. The Kier molecular flexibility index (Phi) is 7.74. The van der Waals surface area contributed by atoms with Crippen molar-refractivity contribution in [2.45, 2.75) is 52.1 Å². The minimum atomic E-state index is -0.261. The second kappa shape index (κ2) is 10.9. The summed E-state index contributed by atoms with van der Waals surface area (Å²) < 4.78 is 31.0. The largest absolute Gasteiger partial charge is 0.497 e. The Morgan fingerprint density at radius 1 is 1.00 bits per heavy atom. The van der Waals surface area contributed by atoms with Gasteiger partial charge in [0.25, 0.3) is 0 Å². The number of aryl methyl sites for hydroxylation is 1. The molecule has 1 aliphatic carbocycles. The lowest BCUT2D eigenvalue weighted by atomic mass is 9.92. The van der Waals surface area contributed by atoms with Crippen LogP contribution in [0.1, 0.15) is 54.9 Å². The van der Waals surface area contributed by atoms with Crippen molar-refractivity contribution in [3.05, 3.63) is 82.7 Å². The van der Waals surface area contributed by atoms with E-state index in [1.165, 1.54) is 24.3 Å². The van der Waals surface area contributed by atoms with E-state index in [0.717, 1.165) is 41.7 Å². The predicted molar refractivity (Wildman–Crippen MR) is 135 cm³/mol. The Bertz CT molecular complexity index is 1200.